The van der Waals surface area contributed by atoms with Gasteiger partial charge < -0.3 is 19.1 Å². The smallest absolute Gasteiger partial charge is 0.276 e. The number of piperazine rings is 1. The van der Waals surface area contributed by atoms with Crippen molar-refractivity contribution >= 4 is 5.91 Å². The fourth-order valence-corrected chi connectivity index (χ4v) is 3.42. The van der Waals surface area contributed by atoms with Crippen LogP contribution in [0, 0.1) is 0 Å². The van der Waals surface area contributed by atoms with Crippen molar-refractivity contribution in [1.29, 1.82) is 0 Å². The van der Waals surface area contributed by atoms with E-state index in [-0.39, 0.29) is 5.91 Å². The lowest BCUT2D eigenvalue weighted by molar-refractivity contribution is -0.145. The van der Waals surface area contributed by atoms with Gasteiger partial charge in [-0.1, -0.05) is 17.3 Å². The van der Waals surface area contributed by atoms with Crippen LogP contribution in [-0.4, -0.2) is 83.5 Å². The zero-order valence-electron chi connectivity index (χ0n) is 18.0. The zero-order chi connectivity index (χ0) is 21.3. The van der Waals surface area contributed by atoms with Gasteiger partial charge in [0.2, 0.25) is 0 Å². The van der Waals surface area contributed by atoms with E-state index >= 15 is 0 Å². The molecule has 1 aromatic carbocycles. The Morgan fingerprint density at radius 2 is 1.73 bits per heavy atom. The third-order valence-corrected chi connectivity index (χ3v) is 5.02. The summed E-state index contributed by atoms with van der Waals surface area (Å²) in [6.07, 6.45) is 1.27. The molecule has 9 heteroatoms. The first-order valence-electron chi connectivity index (χ1n) is 10.4. The van der Waals surface area contributed by atoms with Crippen LogP contribution >= 0.6 is 0 Å². The van der Waals surface area contributed by atoms with Crippen LogP contribution in [0.5, 0.6) is 5.75 Å². The Morgan fingerprint density at radius 1 is 1.07 bits per heavy atom. The summed E-state index contributed by atoms with van der Waals surface area (Å²) in [5.41, 5.74) is 1.59. The maximum Gasteiger partial charge on any atom is 0.276 e. The number of benzene rings is 1. The molecule has 30 heavy (non-hydrogen) atoms. The number of methoxy groups -OCH3 is 1. The maximum absolute atomic E-state index is 12.8. The molecule has 0 N–H and O–H groups in total. The summed E-state index contributed by atoms with van der Waals surface area (Å²) in [7, 11) is 1.67. The molecule has 1 aliphatic heterocycles. The van der Waals surface area contributed by atoms with Crippen molar-refractivity contribution in [3.63, 3.8) is 0 Å². The molecule has 0 spiro atoms. The minimum absolute atomic E-state index is 0.0882. The second-order valence-electron chi connectivity index (χ2n) is 7.08. The Hall–Kier alpha value is -2.49. The highest BCUT2D eigenvalue weighted by Crippen LogP contribution is 2.15. The van der Waals surface area contributed by atoms with Crippen LogP contribution in [0.15, 0.2) is 30.5 Å². The molecule has 9 nitrogen and oxygen atoms in total. The van der Waals surface area contributed by atoms with Gasteiger partial charge in [0.25, 0.3) is 5.91 Å². The van der Waals surface area contributed by atoms with Crippen molar-refractivity contribution in [3.05, 3.63) is 41.7 Å². The van der Waals surface area contributed by atoms with Crippen molar-refractivity contribution in [2.45, 2.75) is 33.2 Å². The van der Waals surface area contributed by atoms with E-state index in [2.05, 4.69) is 27.3 Å². The minimum Gasteiger partial charge on any atom is -0.497 e. The van der Waals surface area contributed by atoms with Gasteiger partial charge in [-0.25, -0.2) is 4.68 Å². The largest absolute Gasteiger partial charge is 0.497 e. The van der Waals surface area contributed by atoms with Gasteiger partial charge in [-0.2, -0.15) is 0 Å². The first-order chi connectivity index (χ1) is 14.6. The minimum atomic E-state index is -0.397. The van der Waals surface area contributed by atoms with Crippen LogP contribution in [-0.2, 0) is 22.6 Å². The van der Waals surface area contributed by atoms with Crippen LogP contribution in [0.4, 0.5) is 0 Å². The summed E-state index contributed by atoms with van der Waals surface area (Å²) in [5, 5.41) is 8.11. The highest BCUT2D eigenvalue weighted by Gasteiger charge is 2.24. The van der Waals surface area contributed by atoms with Gasteiger partial charge in [-0.3, -0.25) is 9.69 Å². The van der Waals surface area contributed by atoms with Gasteiger partial charge in [0.15, 0.2) is 12.0 Å². The molecule has 0 bridgehead atoms. The number of carbonyl (C=O) groups is 1. The predicted octanol–water partition coefficient (Wildman–Crippen LogP) is 1.64. The van der Waals surface area contributed by atoms with Gasteiger partial charge in [0.05, 0.1) is 19.9 Å². The first kappa shape index (κ1) is 22.2. The molecule has 0 saturated carbocycles. The average molecular weight is 418 g/mol. The third kappa shape index (κ3) is 6.01. The Labute approximate surface area is 177 Å². The SMILES string of the molecule is CCOC(Cn1cc(C(=O)N2CCN(Cc3ccc(OC)cc3)CC2)nn1)OCC. The molecule has 1 amide bonds. The normalized spacial score (nSPS) is 15.0. The van der Waals surface area contributed by atoms with E-state index in [9.17, 15) is 4.79 Å². The molecule has 0 unspecified atom stereocenters. The zero-order valence-corrected chi connectivity index (χ0v) is 18.0. The number of nitrogens with zero attached hydrogens (tertiary/aromatic N) is 5. The number of rotatable bonds is 10. The predicted molar refractivity (Wildman–Crippen MR) is 111 cm³/mol. The highest BCUT2D eigenvalue weighted by molar-refractivity contribution is 5.92. The van der Waals surface area contributed by atoms with Gasteiger partial charge in [0, 0.05) is 45.9 Å². The van der Waals surface area contributed by atoms with Gasteiger partial charge in [0.1, 0.15) is 5.75 Å². The van der Waals surface area contributed by atoms with Gasteiger partial charge in [-0.15, -0.1) is 5.10 Å². The van der Waals surface area contributed by atoms with Crippen molar-refractivity contribution < 1.29 is 19.0 Å². The van der Waals surface area contributed by atoms with Crippen LogP contribution < -0.4 is 4.74 Å². The van der Waals surface area contributed by atoms with Gasteiger partial charge in [-0.05, 0) is 31.5 Å². The Morgan fingerprint density at radius 3 is 2.33 bits per heavy atom. The third-order valence-electron chi connectivity index (χ3n) is 5.02. The topological polar surface area (TPSA) is 82.0 Å². The molecule has 1 fully saturated rings. The van der Waals surface area contributed by atoms with E-state index in [1.54, 1.807) is 18.0 Å². The molecular weight excluding hydrogens is 386 g/mol. The molecule has 2 aromatic rings. The van der Waals surface area contributed by atoms with E-state index in [4.69, 9.17) is 14.2 Å². The quantitative estimate of drug-likeness (QED) is 0.544. The number of hydrogen-bond acceptors (Lipinski definition) is 7. The first-order valence-corrected chi connectivity index (χ1v) is 10.4. The second-order valence-corrected chi connectivity index (χ2v) is 7.08. The van der Waals surface area contributed by atoms with Crippen molar-refractivity contribution in [3.8, 4) is 5.75 Å². The maximum atomic E-state index is 12.8. The molecule has 0 atom stereocenters. The lowest BCUT2D eigenvalue weighted by atomic mass is 10.2. The summed E-state index contributed by atoms with van der Waals surface area (Å²) in [6.45, 7) is 9.16. The Kier molecular flexibility index (Phi) is 8.18. The molecule has 3 rings (SSSR count). The number of hydrogen-bond donors (Lipinski definition) is 0. The summed E-state index contributed by atoms with van der Waals surface area (Å²) in [4.78, 5) is 17.0. The number of carbonyl (C=O) groups excluding carboxylic acids is 1. The van der Waals surface area contributed by atoms with E-state index in [0.717, 1.165) is 25.4 Å². The fourth-order valence-electron chi connectivity index (χ4n) is 3.42. The van der Waals surface area contributed by atoms with Crippen LogP contribution in [0.1, 0.15) is 29.9 Å². The fraction of sp³-hybridized carbons (Fsp3) is 0.571. The number of amides is 1. The van der Waals surface area contributed by atoms with E-state index in [1.807, 2.05) is 30.9 Å². The standard InChI is InChI=1S/C21H31N5O4/c1-4-29-20(30-5-2)16-26-15-19(22-23-26)21(27)25-12-10-24(11-13-25)14-17-6-8-18(28-3)9-7-17/h6-9,15,20H,4-5,10-14,16H2,1-3H3. The summed E-state index contributed by atoms with van der Waals surface area (Å²) in [5.74, 6) is 0.769. The van der Waals surface area contributed by atoms with Crippen LogP contribution in [0.25, 0.3) is 0 Å². The summed E-state index contributed by atoms with van der Waals surface area (Å²) < 4.78 is 17.9. The Balaban J connectivity index is 1.49. The molecule has 2 heterocycles. The van der Waals surface area contributed by atoms with E-state index < -0.39 is 6.29 Å². The number of ether oxygens (including phenoxy) is 3. The van der Waals surface area contributed by atoms with Crippen molar-refractivity contribution in [2.24, 2.45) is 0 Å². The molecule has 164 valence electrons. The van der Waals surface area contributed by atoms with Crippen LogP contribution in [0.2, 0.25) is 0 Å². The molecule has 0 aliphatic carbocycles. The lowest BCUT2D eigenvalue weighted by Crippen LogP contribution is -2.48. The number of aromatic nitrogens is 3. The molecule has 1 saturated heterocycles. The van der Waals surface area contributed by atoms with E-state index in [0.29, 0.717) is 38.5 Å². The molecule has 1 aromatic heterocycles. The summed E-state index contributed by atoms with van der Waals surface area (Å²) >= 11 is 0. The highest BCUT2D eigenvalue weighted by atomic mass is 16.7. The monoisotopic (exact) mass is 417 g/mol. The van der Waals surface area contributed by atoms with Crippen molar-refractivity contribution in [1.82, 2.24) is 24.8 Å². The summed E-state index contributed by atoms with van der Waals surface area (Å²) in [6, 6.07) is 8.10. The van der Waals surface area contributed by atoms with E-state index in [1.165, 1.54) is 5.56 Å². The molecule has 0 radical (unpaired) electrons. The van der Waals surface area contributed by atoms with Crippen LogP contribution in [0.3, 0.4) is 0 Å². The second kappa shape index (κ2) is 11.1. The molecule has 1 aliphatic rings. The average Bonchev–Trinajstić information content (AvgIpc) is 3.23. The van der Waals surface area contributed by atoms with Crippen molar-refractivity contribution in [2.75, 3.05) is 46.5 Å². The van der Waals surface area contributed by atoms with Gasteiger partial charge >= 0.3 is 0 Å². The molecular formula is C21H31N5O4. The lowest BCUT2D eigenvalue weighted by Gasteiger charge is -2.34. The Bertz CT molecular complexity index is 781.